The van der Waals surface area contributed by atoms with Gasteiger partial charge in [0.2, 0.25) is 15.9 Å². The Bertz CT molecular complexity index is 557. The lowest BCUT2D eigenvalue weighted by Crippen LogP contribution is -2.44. The third-order valence-corrected chi connectivity index (χ3v) is 4.23. The average molecular weight is 315 g/mol. The lowest BCUT2D eigenvalue weighted by atomic mass is 10.1. The number of phenolic OH excluding ortho intramolecular Hbond substituents is 1. The topological polar surface area (TPSA) is 122 Å². The molecule has 0 aromatic heterocycles. The van der Waals surface area contributed by atoms with Crippen molar-refractivity contribution < 1.29 is 18.3 Å². The van der Waals surface area contributed by atoms with Gasteiger partial charge in [0, 0.05) is 13.1 Å². The van der Waals surface area contributed by atoms with E-state index in [2.05, 4.69) is 10.0 Å². The lowest BCUT2D eigenvalue weighted by Gasteiger charge is -2.12. The first-order valence-electron chi connectivity index (χ1n) is 6.62. The van der Waals surface area contributed by atoms with E-state index in [4.69, 9.17) is 10.8 Å². The standard InChI is InChI=1S/C13H21N3O4S/c1-2-16-21(19,20)8-7-15-13(18)12(14)9-10-3-5-11(17)6-4-10/h3-6,12,16-17H,2,7-9,14H2,1H3,(H,15,18)/t12-/m0/s1. The number of nitrogens with one attached hydrogen (secondary N) is 2. The van der Waals surface area contributed by atoms with Crippen LogP contribution in [-0.2, 0) is 21.2 Å². The molecule has 118 valence electrons. The molecule has 7 nitrogen and oxygen atoms in total. The molecule has 0 saturated heterocycles. The summed E-state index contributed by atoms with van der Waals surface area (Å²) in [7, 11) is -3.35. The van der Waals surface area contributed by atoms with Crippen LogP contribution in [-0.4, -0.2) is 44.3 Å². The molecule has 0 unspecified atom stereocenters. The number of phenols is 1. The van der Waals surface area contributed by atoms with Crippen LogP contribution < -0.4 is 15.8 Å². The number of carbonyl (C=O) groups is 1. The number of carbonyl (C=O) groups excluding carboxylic acids is 1. The summed E-state index contributed by atoms with van der Waals surface area (Å²) >= 11 is 0. The quantitative estimate of drug-likeness (QED) is 0.506. The molecule has 0 radical (unpaired) electrons. The highest BCUT2D eigenvalue weighted by Crippen LogP contribution is 2.10. The second-order valence-corrected chi connectivity index (χ2v) is 6.51. The predicted molar refractivity (Wildman–Crippen MR) is 80.3 cm³/mol. The smallest absolute Gasteiger partial charge is 0.237 e. The highest BCUT2D eigenvalue weighted by molar-refractivity contribution is 7.89. The summed E-state index contributed by atoms with van der Waals surface area (Å²) in [6.45, 7) is 2.01. The third kappa shape index (κ3) is 6.56. The van der Waals surface area contributed by atoms with E-state index in [9.17, 15) is 13.2 Å². The van der Waals surface area contributed by atoms with E-state index in [0.717, 1.165) is 5.56 Å². The molecule has 1 atom stereocenters. The molecule has 1 aromatic rings. The van der Waals surface area contributed by atoms with E-state index in [1.54, 1.807) is 19.1 Å². The van der Waals surface area contributed by atoms with E-state index >= 15 is 0 Å². The van der Waals surface area contributed by atoms with Crippen molar-refractivity contribution >= 4 is 15.9 Å². The van der Waals surface area contributed by atoms with E-state index in [0.29, 0.717) is 13.0 Å². The zero-order chi connectivity index (χ0) is 15.9. The van der Waals surface area contributed by atoms with Crippen molar-refractivity contribution in [1.29, 1.82) is 0 Å². The fourth-order valence-corrected chi connectivity index (χ4v) is 2.67. The Hall–Kier alpha value is -1.64. The van der Waals surface area contributed by atoms with Gasteiger partial charge in [0.05, 0.1) is 11.8 Å². The van der Waals surface area contributed by atoms with Crippen molar-refractivity contribution in [2.75, 3.05) is 18.8 Å². The van der Waals surface area contributed by atoms with Crippen LogP contribution in [0.15, 0.2) is 24.3 Å². The van der Waals surface area contributed by atoms with Crippen LogP contribution in [0.4, 0.5) is 0 Å². The molecule has 21 heavy (non-hydrogen) atoms. The van der Waals surface area contributed by atoms with Crippen molar-refractivity contribution in [1.82, 2.24) is 10.0 Å². The Kier molecular flexibility index (Phi) is 6.60. The maximum atomic E-state index is 11.8. The molecular formula is C13H21N3O4S. The highest BCUT2D eigenvalue weighted by atomic mass is 32.2. The molecule has 1 aromatic carbocycles. The fourth-order valence-electron chi connectivity index (χ4n) is 1.71. The van der Waals surface area contributed by atoms with Gasteiger partial charge in [-0.15, -0.1) is 0 Å². The second kappa shape index (κ2) is 7.96. The molecule has 5 N–H and O–H groups in total. The molecule has 0 bridgehead atoms. The first-order chi connectivity index (χ1) is 9.84. The number of hydrogen-bond acceptors (Lipinski definition) is 5. The van der Waals surface area contributed by atoms with Gasteiger partial charge in [0.15, 0.2) is 0 Å². The van der Waals surface area contributed by atoms with Gasteiger partial charge in [0.1, 0.15) is 5.75 Å². The van der Waals surface area contributed by atoms with E-state index in [1.165, 1.54) is 12.1 Å². The van der Waals surface area contributed by atoms with Crippen LogP contribution in [0.25, 0.3) is 0 Å². The Morgan fingerprint density at radius 3 is 2.52 bits per heavy atom. The van der Waals surface area contributed by atoms with Crippen LogP contribution in [0.1, 0.15) is 12.5 Å². The molecule has 0 fully saturated rings. The molecule has 0 saturated carbocycles. The summed E-state index contributed by atoms with van der Waals surface area (Å²) in [5.41, 5.74) is 6.57. The molecule has 0 aliphatic heterocycles. The summed E-state index contributed by atoms with van der Waals surface area (Å²) in [6.07, 6.45) is 0.312. The van der Waals surface area contributed by atoms with E-state index in [-0.39, 0.29) is 18.0 Å². The van der Waals surface area contributed by atoms with Gasteiger partial charge < -0.3 is 16.2 Å². The van der Waals surface area contributed by atoms with Gasteiger partial charge in [0.25, 0.3) is 0 Å². The van der Waals surface area contributed by atoms with Gasteiger partial charge in [-0.3, -0.25) is 4.79 Å². The van der Waals surface area contributed by atoms with Gasteiger partial charge in [-0.05, 0) is 24.1 Å². The minimum Gasteiger partial charge on any atom is -0.508 e. The van der Waals surface area contributed by atoms with Crippen molar-refractivity contribution in [3.8, 4) is 5.75 Å². The maximum Gasteiger partial charge on any atom is 0.237 e. The van der Waals surface area contributed by atoms with Gasteiger partial charge in [-0.1, -0.05) is 19.1 Å². The fraction of sp³-hybridized carbons (Fsp3) is 0.462. The van der Waals surface area contributed by atoms with Crippen LogP contribution in [0, 0.1) is 0 Å². The lowest BCUT2D eigenvalue weighted by molar-refractivity contribution is -0.122. The Morgan fingerprint density at radius 2 is 1.95 bits per heavy atom. The SMILES string of the molecule is CCNS(=O)(=O)CCNC(=O)[C@@H](N)Cc1ccc(O)cc1. The molecule has 1 rings (SSSR count). The van der Waals surface area contributed by atoms with Gasteiger partial charge in [-0.2, -0.15) is 0 Å². The molecule has 0 aliphatic carbocycles. The van der Waals surface area contributed by atoms with Crippen molar-refractivity contribution in [3.63, 3.8) is 0 Å². The van der Waals surface area contributed by atoms with E-state index < -0.39 is 22.0 Å². The minimum atomic E-state index is -3.35. The van der Waals surface area contributed by atoms with Crippen LogP contribution >= 0.6 is 0 Å². The number of benzene rings is 1. The number of aromatic hydroxyl groups is 1. The molecule has 0 aliphatic rings. The number of hydrogen-bond donors (Lipinski definition) is 4. The van der Waals surface area contributed by atoms with Crippen LogP contribution in [0.2, 0.25) is 0 Å². The monoisotopic (exact) mass is 315 g/mol. The first kappa shape index (κ1) is 17.4. The summed E-state index contributed by atoms with van der Waals surface area (Å²) in [6, 6.07) is 5.62. The number of rotatable bonds is 8. The summed E-state index contributed by atoms with van der Waals surface area (Å²) in [4.78, 5) is 11.8. The number of amides is 1. The highest BCUT2D eigenvalue weighted by Gasteiger charge is 2.15. The third-order valence-electron chi connectivity index (χ3n) is 2.76. The molecule has 0 heterocycles. The van der Waals surface area contributed by atoms with E-state index in [1.807, 2.05) is 0 Å². The molecular weight excluding hydrogens is 294 g/mol. The average Bonchev–Trinajstić information content (AvgIpc) is 2.40. The Labute approximate surface area is 124 Å². The normalized spacial score (nSPS) is 12.9. The van der Waals surface area contributed by atoms with Gasteiger partial charge in [-0.25, -0.2) is 13.1 Å². The number of sulfonamides is 1. The van der Waals surface area contributed by atoms with Crippen molar-refractivity contribution in [2.45, 2.75) is 19.4 Å². The van der Waals surface area contributed by atoms with Crippen LogP contribution in [0.3, 0.4) is 0 Å². The molecule has 8 heteroatoms. The van der Waals surface area contributed by atoms with Crippen molar-refractivity contribution in [3.05, 3.63) is 29.8 Å². The zero-order valence-corrected chi connectivity index (χ0v) is 12.7. The first-order valence-corrected chi connectivity index (χ1v) is 8.28. The largest absolute Gasteiger partial charge is 0.508 e. The summed E-state index contributed by atoms with van der Waals surface area (Å²) in [5, 5.41) is 11.7. The number of nitrogens with two attached hydrogens (primary N) is 1. The minimum absolute atomic E-state index is 0.0114. The Balaban J connectivity index is 2.39. The predicted octanol–water partition coefficient (Wildman–Crippen LogP) is -0.682. The van der Waals surface area contributed by atoms with Crippen molar-refractivity contribution in [2.24, 2.45) is 5.73 Å². The maximum absolute atomic E-state index is 11.8. The molecule has 1 amide bonds. The molecule has 0 spiro atoms. The summed E-state index contributed by atoms with van der Waals surface area (Å²) in [5.74, 6) is -0.446. The van der Waals surface area contributed by atoms with Crippen LogP contribution in [0.5, 0.6) is 5.75 Å². The zero-order valence-electron chi connectivity index (χ0n) is 11.9. The second-order valence-electron chi connectivity index (χ2n) is 4.58. The van der Waals surface area contributed by atoms with Gasteiger partial charge >= 0.3 is 0 Å². The summed E-state index contributed by atoms with van der Waals surface area (Å²) < 4.78 is 25.1. The Morgan fingerprint density at radius 1 is 1.33 bits per heavy atom.